The van der Waals surface area contributed by atoms with Crippen LogP contribution >= 0.6 is 0 Å². The Kier molecular flexibility index (Phi) is 6.07. The van der Waals surface area contributed by atoms with Gasteiger partial charge in [-0.3, -0.25) is 0 Å². The summed E-state index contributed by atoms with van der Waals surface area (Å²) in [6, 6.07) is 7.40. The van der Waals surface area contributed by atoms with Crippen LogP contribution in [0.2, 0.25) is 0 Å². The first kappa shape index (κ1) is 16.6. The summed E-state index contributed by atoms with van der Waals surface area (Å²) in [6.45, 7) is 5.86. The molecule has 1 saturated heterocycles. The van der Waals surface area contributed by atoms with E-state index in [9.17, 15) is 9.90 Å². The molecule has 0 saturated carbocycles. The van der Waals surface area contributed by atoms with Gasteiger partial charge in [0.1, 0.15) is 5.75 Å². The number of nitrogens with one attached hydrogen (secondary N) is 1. The van der Waals surface area contributed by atoms with Crippen LogP contribution in [0, 0.1) is 5.92 Å². The summed E-state index contributed by atoms with van der Waals surface area (Å²) < 4.78 is 5.66. The van der Waals surface area contributed by atoms with Gasteiger partial charge in [0.25, 0.3) is 0 Å². The van der Waals surface area contributed by atoms with Gasteiger partial charge in [-0.2, -0.15) is 0 Å². The van der Waals surface area contributed by atoms with Gasteiger partial charge in [-0.1, -0.05) is 19.1 Å². The number of benzene rings is 1. The summed E-state index contributed by atoms with van der Waals surface area (Å²) in [5.41, 5.74) is 0.707. The van der Waals surface area contributed by atoms with Gasteiger partial charge in [0, 0.05) is 13.1 Å². The van der Waals surface area contributed by atoms with E-state index in [1.165, 1.54) is 0 Å². The number of carbonyl (C=O) groups is 1. The van der Waals surface area contributed by atoms with Crippen LogP contribution < -0.4 is 10.1 Å². The fraction of sp³-hybridized carbons (Fsp3) is 0.588. The van der Waals surface area contributed by atoms with Crippen LogP contribution in [0.25, 0.3) is 0 Å². The number of hydrogen-bond acceptors (Lipinski definition) is 3. The minimum atomic E-state index is -0.298. The molecule has 1 aromatic carbocycles. The Morgan fingerprint density at radius 3 is 2.73 bits per heavy atom. The fourth-order valence-electron chi connectivity index (χ4n) is 2.69. The van der Waals surface area contributed by atoms with Crippen LogP contribution in [0.3, 0.4) is 0 Å². The summed E-state index contributed by atoms with van der Waals surface area (Å²) in [5.74, 6) is 1.00. The van der Waals surface area contributed by atoms with Gasteiger partial charge in [-0.05, 0) is 44.2 Å². The molecule has 0 bridgehead atoms. The molecule has 1 aromatic rings. The Bertz CT molecular complexity index is 483. The average Bonchev–Trinajstić information content (AvgIpc) is 2.54. The van der Waals surface area contributed by atoms with E-state index in [0.29, 0.717) is 37.1 Å². The monoisotopic (exact) mass is 306 g/mol. The number of likely N-dealkylation sites (tertiary alicyclic amines) is 1. The van der Waals surface area contributed by atoms with Gasteiger partial charge in [0.05, 0.1) is 18.4 Å². The number of ether oxygens (including phenoxy) is 1. The molecule has 1 heterocycles. The number of urea groups is 1. The van der Waals surface area contributed by atoms with Crippen molar-refractivity contribution in [3.05, 3.63) is 24.3 Å². The van der Waals surface area contributed by atoms with Gasteiger partial charge in [0.15, 0.2) is 0 Å². The SMILES string of the molecule is CCCOc1ccccc1NC(=O)N1CCC(C(C)O)CC1. The van der Waals surface area contributed by atoms with Crippen molar-refractivity contribution < 1.29 is 14.6 Å². The van der Waals surface area contributed by atoms with E-state index in [1.807, 2.05) is 38.1 Å². The minimum absolute atomic E-state index is 0.100. The minimum Gasteiger partial charge on any atom is -0.491 e. The Morgan fingerprint density at radius 2 is 2.09 bits per heavy atom. The predicted molar refractivity (Wildman–Crippen MR) is 87.2 cm³/mol. The summed E-state index contributed by atoms with van der Waals surface area (Å²) in [7, 11) is 0. The number of amides is 2. The van der Waals surface area contributed by atoms with Gasteiger partial charge < -0.3 is 20.1 Å². The molecule has 1 unspecified atom stereocenters. The normalized spacial score (nSPS) is 17.1. The van der Waals surface area contributed by atoms with E-state index in [1.54, 1.807) is 4.90 Å². The van der Waals surface area contributed by atoms with Gasteiger partial charge in [-0.25, -0.2) is 4.79 Å². The molecule has 1 aliphatic rings. The number of aliphatic hydroxyl groups is 1. The molecule has 1 fully saturated rings. The molecular weight excluding hydrogens is 280 g/mol. The first-order valence-electron chi connectivity index (χ1n) is 8.07. The zero-order valence-corrected chi connectivity index (χ0v) is 13.4. The lowest BCUT2D eigenvalue weighted by Crippen LogP contribution is -2.42. The summed E-state index contributed by atoms with van der Waals surface area (Å²) in [5, 5.41) is 12.6. The molecule has 5 nitrogen and oxygen atoms in total. The number of rotatable bonds is 5. The summed E-state index contributed by atoms with van der Waals surface area (Å²) >= 11 is 0. The lowest BCUT2D eigenvalue weighted by atomic mass is 9.92. The number of piperidine rings is 1. The number of nitrogens with zero attached hydrogens (tertiary/aromatic N) is 1. The van der Waals surface area contributed by atoms with Crippen molar-refractivity contribution in [1.29, 1.82) is 0 Å². The van der Waals surface area contributed by atoms with Gasteiger partial charge in [-0.15, -0.1) is 0 Å². The van der Waals surface area contributed by atoms with Crippen molar-refractivity contribution in [3.8, 4) is 5.75 Å². The molecule has 1 atom stereocenters. The lowest BCUT2D eigenvalue weighted by Gasteiger charge is -2.33. The number of aliphatic hydroxyl groups excluding tert-OH is 1. The van der Waals surface area contributed by atoms with E-state index < -0.39 is 0 Å². The van der Waals surface area contributed by atoms with Crippen LogP contribution in [-0.4, -0.2) is 41.8 Å². The van der Waals surface area contributed by atoms with Crippen molar-refractivity contribution in [3.63, 3.8) is 0 Å². The molecule has 2 amide bonds. The molecule has 1 aliphatic heterocycles. The smallest absolute Gasteiger partial charge is 0.321 e. The molecule has 5 heteroatoms. The molecule has 2 N–H and O–H groups in total. The van der Waals surface area contributed by atoms with Crippen LogP contribution in [0.5, 0.6) is 5.75 Å². The second-order valence-electron chi connectivity index (χ2n) is 5.84. The van der Waals surface area contributed by atoms with Crippen LogP contribution in [0.15, 0.2) is 24.3 Å². The molecule has 0 aromatic heterocycles. The van der Waals surface area contributed by atoms with Crippen LogP contribution in [0.4, 0.5) is 10.5 Å². The van der Waals surface area contributed by atoms with E-state index >= 15 is 0 Å². The predicted octanol–water partition coefficient (Wildman–Crippen LogP) is 3.10. The van der Waals surface area contributed by atoms with Crippen molar-refractivity contribution >= 4 is 11.7 Å². The second kappa shape index (κ2) is 8.03. The highest BCUT2D eigenvalue weighted by Crippen LogP contribution is 2.25. The molecule has 122 valence electrons. The average molecular weight is 306 g/mol. The molecular formula is C17H26N2O3. The Hall–Kier alpha value is -1.75. The Balaban J connectivity index is 1.92. The molecule has 0 aliphatic carbocycles. The third-order valence-corrected chi connectivity index (χ3v) is 4.10. The zero-order valence-electron chi connectivity index (χ0n) is 13.4. The maximum Gasteiger partial charge on any atom is 0.321 e. The quantitative estimate of drug-likeness (QED) is 0.878. The highest BCUT2D eigenvalue weighted by Gasteiger charge is 2.25. The fourth-order valence-corrected chi connectivity index (χ4v) is 2.69. The largest absolute Gasteiger partial charge is 0.491 e. The standard InChI is InChI=1S/C17H26N2O3/c1-3-12-22-16-7-5-4-6-15(16)18-17(21)19-10-8-14(9-11-19)13(2)20/h4-7,13-14,20H,3,8-12H2,1-2H3,(H,18,21). The third-order valence-electron chi connectivity index (χ3n) is 4.10. The third kappa shape index (κ3) is 4.37. The Labute approximate surface area is 132 Å². The number of carbonyl (C=O) groups excluding carboxylic acids is 1. The van der Waals surface area contributed by atoms with E-state index in [2.05, 4.69) is 5.32 Å². The van der Waals surface area contributed by atoms with Crippen LogP contribution in [0.1, 0.15) is 33.1 Å². The Morgan fingerprint density at radius 1 is 1.41 bits per heavy atom. The first-order valence-corrected chi connectivity index (χ1v) is 8.07. The van der Waals surface area contributed by atoms with Crippen LogP contribution in [-0.2, 0) is 0 Å². The molecule has 0 spiro atoms. The van der Waals surface area contributed by atoms with Crippen molar-refractivity contribution in [2.45, 2.75) is 39.2 Å². The topological polar surface area (TPSA) is 61.8 Å². The maximum atomic E-state index is 12.4. The van der Waals surface area contributed by atoms with Gasteiger partial charge >= 0.3 is 6.03 Å². The molecule has 0 radical (unpaired) electrons. The van der Waals surface area contributed by atoms with Crippen molar-refractivity contribution in [2.75, 3.05) is 25.0 Å². The summed E-state index contributed by atoms with van der Waals surface area (Å²) in [6.07, 6.45) is 2.32. The lowest BCUT2D eigenvalue weighted by molar-refractivity contribution is 0.0820. The van der Waals surface area contributed by atoms with E-state index in [0.717, 1.165) is 19.3 Å². The van der Waals surface area contributed by atoms with Gasteiger partial charge in [0.2, 0.25) is 0 Å². The van der Waals surface area contributed by atoms with E-state index in [-0.39, 0.29) is 12.1 Å². The van der Waals surface area contributed by atoms with Crippen molar-refractivity contribution in [2.24, 2.45) is 5.92 Å². The number of hydrogen-bond donors (Lipinski definition) is 2. The number of anilines is 1. The summed E-state index contributed by atoms with van der Waals surface area (Å²) in [4.78, 5) is 14.2. The van der Waals surface area contributed by atoms with Crippen molar-refractivity contribution in [1.82, 2.24) is 4.90 Å². The highest BCUT2D eigenvalue weighted by molar-refractivity contribution is 5.91. The molecule has 2 rings (SSSR count). The number of para-hydroxylation sites is 2. The maximum absolute atomic E-state index is 12.4. The zero-order chi connectivity index (χ0) is 15.9. The molecule has 22 heavy (non-hydrogen) atoms. The highest BCUT2D eigenvalue weighted by atomic mass is 16.5. The second-order valence-corrected chi connectivity index (χ2v) is 5.84. The first-order chi connectivity index (χ1) is 10.6. The van der Waals surface area contributed by atoms with E-state index in [4.69, 9.17) is 4.74 Å².